The van der Waals surface area contributed by atoms with Gasteiger partial charge in [-0.3, -0.25) is 9.48 Å². The molecule has 6 aromatic rings. The molecule has 8 rings (SSSR count). The molecule has 1 aliphatic carbocycles. The van der Waals surface area contributed by atoms with Crippen LogP contribution in [0.2, 0.25) is 0 Å². The molecular weight excluding hydrogens is 718 g/mol. The van der Waals surface area contributed by atoms with Crippen LogP contribution >= 0.6 is 15.9 Å². The molecule has 2 N–H and O–H groups in total. The van der Waals surface area contributed by atoms with E-state index in [-0.39, 0.29) is 23.8 Å². The zero-order valence-corrected chi connectivity index (χ0v) is 30.3. The fourth-order valence-electron chi connectivity index (χ4n) is 7.22. The quantitative estimate of drug-likeness (QED) is 0.192. The highest BCUT2D eigenvalue weighted by Gasteiger charge is 2.45. The largest absolute Gasteiger partial charge is 0.494 e. The molecule has 3 aromatic heterocycles. The first-order valence-corrected chi connectivity index (χ1v) is 19.0. The second-order valence-electron chi connectivity index (χ2n) is 13.6. The van der Waals surface area contributed by atoms with E-state index in [1.165, 1.54) is 25.0 Å². The second-order valence-corrected chi connectivity index (χ2v) is 16.8. The van der Waals surface area contributed by atoms with Gasteiger partial charge in [-0.15, -0.1) is 0 Å². The number of imidazole rings is 1. The maximum Gasteiger partial charge on any atom is 0.254 e. The van der Waals surface area contributed by atoms with Gasteiger partial charge in [-0.2, -0.15) is 5.10 Å². The Morgan fingerprint density at radius 3 is 2.58 bits per heavy atom. The van der Waals surface area contributed by atoms with Crippen molar-refractivity contribution in [3.8, 4) is 17.3 Å². The van der Waals surface area contributed by atoms with Gasteiger partial charge in [0.1, 0.15) is 16.1 Å². The molecule has 1 aliphatic heterocycles. The molecule has 3 aromatic carbocycles. The van der Waals surface area contributed by atoms with Gasteiger partial charge in [0.15, 0.2) is 15.7 Å². The van der Waals surface area contributed by atoms with Crippen molar-refractivity contribution < 1.29 is 17.9 Å². The highest BCUT2D eigenvalue weighted by Crippen LogP contribution is 2.39. The van der Waals surface area contributed by atoms with Gasteiger partial charge in [0.2, 0.25) is 0 Å². The van der Waals surface area contributed by atoms with Crippen LogP contribution in [0.5, 0.6) is 5.75 Å². The van der Waals surface area contributed by atoms with E-state index in [0.717, 1.165) is 44.5 Å². The molecule has 0 radical (unpaired) electrons. The molecule has 1 amide bonds. The zero-order valence-electron chi connectivity index (χ0n) is 27.9. The van der Waals surface area contributed by atoms with Crippen molar-refractivity contribution in [2.24, 2.45) is 18.7 Å². The minimum atomic E-state index is -3.94. The highest BCUT2D eigenvalue weighted by molar-refractivity contribution is 9.10. The number of aromatic nitrogens is 5. The predicted molar refractivity (Wildman–Crippen MR) is 196 cm³/mol. The minimum absolute atomic E-state index is 0.131. The Bertz CT molecular complexity index is 2380. The number of nitrogens with zero attached hydrogens (tertiary/aromatic N) is 6. The normalized spacial score (nSPS) is 18.3. The van der Waals surface area contributed by atoms with Crippen LogP contribution in [-0.2, 0) is 30.0 Å². The molecule has 11 nitrogen and oxygen atoms in total. The molecule has 2 aliphatic rings. The number of aryl methyl sites for hydroxylation is 1. The summed E-state index contributed by atoms with van der Waals surface area (Å²) in [5.74, 6) is 1.57. The van der Waals surface area contributed by atoms with Gasteiger partial charge in [-0.1, -0.05) is 34.1 Å². The molecule has 1 unspecified atom stereocenters. The Balaban J connectivity index is 1.22. The van der Waals surface area contributed by atoms with E-state index in [9.17, 15) is 13.2 Å². The number of likely N-dealkylation sites (tertiary alicyclic amines) is 1. The van der Waals surface area contributed by atoms with Gasteiger partial charge < -0.3 is 24.5 Å². The summed E-state index contributed by atoms with van der Waals surface area (Å²) in [7, 11) is -0.461. The Morgan fingerprint density at radius 1 is 1.08 bits per heavy atom. The van der Waals surface area contributed by atoms with Crippen molar-refractivity contribution in [1.82, 2.24) is 28.8 Å². The number of carbonyl (C=O) groups is 1. The van der Waals surface area contributed by atoms with E-state index in [4.69, 9.17) is 15.5 Å². The minimum Gasteiger partial charge on any atom is -0.494 e. The molecule has 1 saturated carbocycles. The van der Waals surface area contributed by atoms with Crippen LogP contribution in [0.25, 0.3) is 33.5 Å². The SMILES string of the molecule is COc1cc(C(=O)N2CCCC(N)(S(=O)(=O)c3ccc(Br)cc3)C2)cc2nc(-c3cc4ccccc4n3CC3CC3)n(Cc3cnn(C)c3)c12. The molecule has 258 valence electrons. The Labute approximate surface area is 298 Å². The van der Waals surface area contributed by atoms with E-state index < -0.39 is 14.7 Å². The maximum atomic E-state index is 14.2. The number of hydrogen-bond acceptors (Lipinski definition) is 7. The van der Waals surface area contributed by atoms with Crippen LogP contribution in [0, 0.1) is 5.92 Å². The number of para-hydroxylation sites is 1. The third-order valence-electron chi connectivity index (χ3n) is 9.98. The summed E-state index contributed by atoms with van der Waals surface area (Å²) >= 11 is 3.36. The summed E-state index contributed by atoms with van der Waals surface area (Å²) in [6, 6.07) is 20.5. The summed E-state index contributed by atoms with van der Waals surface area (Å²) in [5, 5.41) is 5.54. The smallest absolute Gasteiger partial charge is 0.254 e. The summed E-state index contributed by atoms with van der Waals surface area (Å²) in [6.45, 7) is 1.64. The summed E-state index contributed by atoms with van der Waals surface area (Å²) in [6.07, 6.45) is 6.95. The number of rotatable bonds is 9. The lowest BCUT2D eigenvalue weighted by Gasteiger charge is -2.39. The van der Waals surface area contributed by atoms with Gasteiger partial charge in [-0.05, 0) is 80.1 Å². The number of sulfone groups is 1. The maximum absolute atomic E-state index is 14.2. The molecule has 13 heteroatoms. The van der Waals surface area contributed by atoms with Crippen LogP contribution in [0.1, 0.15) is 41.6 Å². The number of ether oxygens (including phenoxy) is 1. The first-order valence-electron chi connectivity index (χ1n) is 16.8. The average molecular weight is 757 g/mol. The van der Waals surface area contributed by atoms with Crippen LogP contribution in [0.3, 0.4) is 0 Å². The Morgan fingerprint density at radius 2 is 1.86 bits per heavy atom. The van der Waals surface area contributed by atoms with Crippen LogP contribution in [-0.4, -0.2) is 68.2 Å². The Kier molecular flexibility index (Phi) is 8.11. The number of amides is 1. The first kappa shape index (κ1) is 32.7. The molecule has 0 spiro atoms. The molecule has 4 heterocycles. The number of piperidine rings is 1. The summed E-state index contributed by atoms with van der Waals surface area (Å²) in [5.41, 5.74) is 11.5. The van der Waals surface area contributed by atoms with Gasteiger partial charge in [0.25, 0.3) is 5.91 Å². The topological polar surface area (TPSA) is 130 Å². The number of nitrogens with two attached hydrogens (primary N) is 1. The first-order chi connectivity index (χ1) is 24.0. The van der Waals surface area contributed by atoms with Crippen molar-refractivity contribution in [3.05, 3.63) is 94.7 Å². The van der Waals surface area contributed by atoms with E-state index in [0.29, 0.717) is 42.3 Å². The lowest BCUT2D eigenvalue weighted by molar-refractivity contribution is 0.0691. The van der Waals surface area contributed by atoms with Crippen molar-refractivity contribution in [2.75, 3.05) is 20.2 Å². The van der Waals surface area contributed by atoms with Gasteiger partial charge in [0.05, 0.1) is 42.5 Å². The summed E-state index contributed by atoms with van der Waals surface area (Å²) in [4.78, 5) is 19.5. The third-order valence-corrected chi connectivity index (χ3v) is 12.8. The molecule has 1 atom stereocenters. The lowest BCUT2D eigenvalue weighted by Crippen LogP contribution is -2.60. The fraction of sp³-hybridized carbons (Fsp3) is 0.324. The van der Waals surface area contributed by atoms with Crippen LogP contribution in [0.15, 0.2) is 88.5 Å². The number of hydrogen-bond donors (Lipinski definition) is 1. The van der Waals surface area contributed by atoms with E-state index in [2.05, 4.69) is 54.4 Å². The van der Waals surface area contributed by atoms with Crippen LogP contribution < -0.4 is 10.5 Å². The number of halogens is 1. The van der Waals surface area contributed by atoms with E-state index in [1.807, 2.05) is 25.5 Å². The second kappa shape index (κ2) is 12.4. The van der Waals surface area contributed by atoms with Crippen molar-refractivity contribution in [3.63, 3.8) is 0 Å². The van der Waals surface area contributed by atoms with Crippen molar-refractivity contribution in [1.29, 1.82) is 0 Å². The standard InChI is InChI=1S/C37H38BrN7O4S/c1-42-20-25(19-40-42)22-45-34-30(41-35(45)32-17-26-6-3-4-7-31(26)44(32)21-24-8-9-24)16-27(18-33(34)49-2)36(46)43-15-5-14-37(39,23-43)50(47,48)29-12-10-28(38)11-13-29/h3-4,6-7,10-13,16-20,24H,5,8-9,14-15,21-23,39H2,1-2H3. The molecular formula is C37H38BrN7O4S. The van der Waals surface area contributed by atoms with Crippen molar-refractivity contribution >= 4 is 53.6 Å². The third kappa shape index (κ3) is 5.70. The van der Waals surface area contributed by atoms with Gasteiger partial charge >= 0.3 is 0 Å². The predicted octanol–water partition coefficient (Wildman–Crippen LogP) is 5.99. The van der Waals surface area contributed by atoms with Gasteiger partial charge in [-0.25, -0.2) is 13.4 Å². The number of carbonyl (C=O) groups excluding carboxylic acids is 1. The number of benzene rings is 3. The van der Waals surface area contributed by atoms with Crippen molar-refractivity contribution in [2.45, 2.75) is 48.5 Å². The Hall–Kier alpha value is -4.46. The molecule has 0 bridgehead atoms. The number of methoxy groups -OCH3 is 1. The fourth-order valence-corrected chi connectivity index (χ4v) is 9.19. The highest BCUT2D eigenvalue weighted by atomic mass is 79.9. The zero-order chi connectivity index (χ0) is 34.8. The monoisotopic (exact) mass is 755 g/mol. The average Bonchev–Trinajstić information content (AvgIpc) is 3.57. The lowest BCUT2D eigenvalue weighted by atomic mass is 10.0. The molecule has 1 saturated heterocycles. The summed E-state index contributed by atoms with van der Waals surface area (Å²) < 4.78 is 40.6. The molecule has 50 heavy (non-hydrogen) atoms. The van der Waals surface area contributed by atoms with Gasteiger partial charge in [0, 0.05) is 52.8 Å². The van der Waals surface area contributed by atoms with E-state index in [1.54, 1.807) is 41.0 Å². The van der Waals surface area contributed by atoms with Crippen LogP contribution in [0.4, 0.5) is 0 Å². The molecule has 2 fully saturated rings. The number of fused-ring (bicyclic) bond motifs is 2. The van der Waals surface area contributed by atoms with E-state index >= 15 is 0 Å².